The van der Waals surface area contributed by atoms with E-state index in [2.05, 4.69) is 4.72 Å². The third-order valence-electron chi connectivity index (χ3n) is 2.40. The summed E-state index contributed by atoms with van der Waals surface area (Å²) in [6.07, 6.45) is 0.622. The van der Waals surface area contributed by atoms with Crippen molar-refractivity contribution in [3.05, 3.63) is 23.2 Å². The van der Waals surface area contributed by atoms with Crippen LogP contribution in [-0.4, -0.2) is 35.3 Å². The molecule has 1 aromatic carbocycles. The summed E-state index contributed by atoms with van der Waals surface area (Å²) in [5, 5.41) is 0.264. The molecule has 0 fully saturated rings. The van der Waals surface area contributed by atoms with Crippen LogP contribution >= 0.6 is 11.6 Å². The first-order valence-corrected chi connectivity index (χ1v) is 7.78. The summed E-state index contributed by atoms with van der Waals surface area (Å²) in [6.45, 7) is 3.37. The molecule has 7 heteroatoms. The zero-order valence-electron chi connectivity index (χ0n) is 11.0. The zero-order chi connectivity index (χ0) is 14.3. The second-order valence-corrected chi connectivity index (χ2v) is 5.92. The summed E-state index contributed by atoms with van der Waals surface area (Å²) >= 11 is 5.90. The van der Waals surface area contributed by atoms with Gasteiger partial charge in [-0.15, -0.1) is 0 Å². The van der Waals surface area contributed by atoms with Crippen molar-refractivity contribution in [2.24, 2.45) is 0 Å². The molecule has 0 aliphatic carbocycles. The van der Waals surface area contributed by atoms with Gasteiger partial charge >= 0.3 is 0 Å². The van der Waals surface area contributed by atoms with Gasteiger partial charge in [-0.2, -0.15) is 0 Å². The maximum Gasteiger partial charge on any atom is 0.240 e. The summed E-state index contributed by atoms with van der Waals surface area (Å²) in [6, 6.07) is 4.35. The van der Waals surface area contributed by atoms with Crippen LogP contribution in [0.3, 0.4) is 0 Å². The van der Waals surface area contributed by atoms with E-state index in [4.69, 9.17) is 21.1 Å². The van der Waals surface area contributed by atoms with E-state index < -0.39 is 10.0 Å². The Kier molecular flexibility index (Phi) is 6.57. The van der Waals surface area contributed by atoms with Crippen LogP contribution in [0.4, 0.5) is 0 Å². The molecule has 0 aliphatic heterocycles. The molecular weight excluding hydrogens is 290 g/mol. The van der Waals surface area contributed by atoms with Gasteiger partial charge < -0.3 is 9.47 Å². The largest absolute Gasteiger partial charge is 0.495 e. The lowest BCUT2D eigenvalue weighted by Crippen LogP contribution is -2.25. The van der Waals surface area contributed by atoms with Crippen LogP contribution in [0.15, 0.2) is 23.1 Å². The first kappa shape index (κ1) is 16.2. The predicted octanol–water partition coefficient (Wildman–Crippen LogP) is 2.05. The predicted molar refractivity (Wildman–Crippen MR) is 74.3 cm³/mol. The van der Waals surface area contributed by atoms with Crippen molar-refractivity contribution in [1.82, 2.24) is 4.72 Å². The highest BCUT2D eigenvalue weighted by Crippen LogP contribution is 2.26. The highest BCUT2D eigenvalue weighted by molar-refractivity contribution is 7.89. The molecule has 0 aromatic heterocycles. The number of hydrogen-bond donors (Lipinski definition) is 1. The molecule has 0 saturated heterocycles. The van der Waals surface area contributed by atoms with Crippen molar-refractivity contribution in [1.29, 1.82) is 0 Å². The van der Waals surface area contributed by atoms with E-state index in [-0.39, 0.29) is 9.92 Å². The molecule has 108 valence electrons. The molecular formula is C12H18ClNO4S. The van der Waals surface area contributed by atoms with E-state index in [9.17, 15) is 8.42 Å². The zero-order valence-corrected chi connectivity index (χ0v) is 12.6. The summed E-state index contributed by atoms with van der Waals surface area (Å²) in [5.41, 5.74) is 0. The van der Waals surface area contributed by atoms with E-state index in [1.807, 2.05) is 6.92 Å². The number of halogens is 1. The molecule has 1 aromatic rings. The van der Waals surface area contributed by atoms with Crippen molar-refractivity contribution in [3.8, 4) is 5.75 Å². The van der Waals surface area contributed by atoms with Crippen LogP contribution in [-0.2, 0) is 14.8 Å². The van der Waals surface area contributed by atoms with Crippen LogP contribution in [0.1, 0.15) is 13.3 Å². The number of sulfonamides is 1. The minimum absolute atomic E-state index is 0.120. The van der Waals surface area contributed by atoms with Gasteiger partial charge in [0.1, 0.15) is 5.75 Å². The highest BCUT2D eigenvalue weighted by Gasteiger charge is 2.15. The molecule has 1 N–H and O–H groups in total. The maximum atomic E-state index is 12.0. The molecule has 0 bridgehead atoms. The first-order valence-electron chi connectivity index (χ1n) is 5.92. The normalized spacial score (nSPS) is 11.5. The van der Waals surface area contributed by atoms with Crippen molar-refractivity contribution in [2.45, 2.75) is 18.2 Å². The molecule has 0 aliphatic rings. The second kappa shape index (κ2) is 7.69. The Hall–Kier alpha value is -0.820. The SMILES string of the molecule is CCOCCCNS(=O)(=O)c1ccc(OC)c(Cl)c1. The molecule has 1 rings (SSSR count). The lowest BCUT2D eigenvalue weighted by molar-refractivity contribution is 0.146. The van der Waals surface area contributed by atoms with E-state index in [1.165, 1.54) is 25.3 Å². The van der Waals surface area contributed by atoms with Gasteiger partial charge in [0.05, 0.1) is 17.0 Å². The van der Waals surface area contributed by atoms with E-state index in [0.717, 1.165) is 0 Å². The third-order valence-corrected chi connectivity index (χ3v) is 4.15. The van der Waals surface area contributed by atoms with Crippen LogP contribution < -0.4 is 9.46 Å². The number of hydrogen-bond acceptors (Lipinski definition) is 4. The summed E-state index contributed by atoms with van der Waals surface area (Å²) in [7, 11) is -2.07. The summed E-state index contributed by atoms with van der Waals surface area (Å²) in [5.74, 6) is 0.442. The molecule has 0 unspecified atom stereocenters. The fraction of sp³-hybridized carbons (Fsp3) is 0.500. The topological polar surface area (TPSA) is 64.6 Å². The number of ether oxygens (including phenoxy) is 2. The molecule has 19 heavy (non-hydrogen) atoms. The molecule has 5 nitrogen and oxygen atoms in total. The van der Waals surface area contributed by atoms with E-state index in [0.29, 0.717) is 31.9 Å². The summed E-state index contributed by atoms with van der Waals surface area (Å²) < 4.78 is 36.5. The minimum Gasteiger partial charge on any atom is -0.495 e. The fourth-order valence-electron chi connectivity index (χ4n) is 1.42. The Morgan fingerprint density at radius 3 is 2.68 bits per heavy atom. The van der Waals surface area contributed by atoms with Crippen molar-refractivity contribution in [3.63, 3.8) is 0 Å². The third kappa shape index (κ3) is 4.99. The first-order chi connectivity index (χ1) is 9.01. The molecule has 0 spiro atoms. The molecule has 0 atom stereocenters. The van der Waals surface area contributed by atoms with E-state index >= 15 is 0 Å². The van der Waals surface area contributed by atoms with Gasteiger partial charge in [0, 0.05) is 19.8 Å². The van der Waals surface area contributed by atoms with Crippen molar-refractivity contribution in [2.75, 3.05) is 26.9 Å². The number of rotatable bonds is 8. The number of nitrogens with one attached hydrogen (secondary N) is 1. The van der Waals surface area contributed by atoms with Gasteiger partial charge in [-0.3, -0.25) is 0 Å². The lowest BCUT2D eigenvalue weighted by atomic mass is 10.3. The Morgan fingerprint density at radius 1 is 1.37 bits per heavy atom. The van der Waals surface area contributed by atoms with Crippen molar-refractivity contribution < 1.29 is 17.9 Å². The van der Waals surface area contributed by atoms with Gasteiger partial charge in [-0.25, -0.2) is 13.1 Å². The Labute approximate surface area is 118 Å². The Balaban J connectivity index is 2.64. The monoisotopic (exact) mass is 307 g/mol. The quantitative estimate of drug-likeness (QED) is 0.747. The van der Waals surface area contributed by atoms with Crippen LogP contribution in [0, 0.1) is 0 Å². The smallest absolute Gasteiger partial charge is 0.240 e. The second-order valence-electron chi connectivity index (χ2n) is 3.74. The fourth-order valence-corrected chi connectivity index (χ4v) is 2.85. The number of methoxy groups -OCH3 is 1. The van der Waals surface area contributed by atoms with Crippen LogP contribution in [0.25, 0.3) is 0 Å². The molecule has 0 amide bonds. The number of benzene rings is 1. The molecule has 0 radical (unpaired) electrons. The average Bonchev–Trinajstić information content (AvgIpc) is 2.38. The molecule has 0 saturated carbocycles. The molecule has 0 heterocycles. The van der Waals surface area contributed by atoms with Gasteiger partial charge in [0.15, 0.2) is 0 Å². The van der Waals surface area contributed by atoms with Crippen molar-refractivity contribution >= 4 is 21.6 Å². The maximum absolute atomic E-state index is 12.0. The van der Waals surface area contributed by atoms with Gasteiger partial charge in [0.2, 0.25) is 10.0 Å². The standard InChI is InChI=1S/C12H18ClNO4S/c1-3-18-8-4-7-14-19(15,16)10-5-6-12(17-2)11(13)9-10/h5-6,9,14H,3-4,7-8H2,1-2H3. The Bertz CT molecular complexity index is 504. The van der Waals surface area contributed by atoms with E-state index in [1.54, 1.807) is 0 Å². The highest BCUT2D eigenvalue weighted by atomic mass is 35.5. The van der Waals surface area contributed by atoms with Crippen LogP contribution in [0.2, 0.25) is 5.02 Å². The lowest BCUT2D eigenvalue weighted by Gasteiger charge is -2.09. The van der Waals surface area contributed by atoms with Crippen LogP contribution in [0.5, 0.6) is 5.75 Å². The van der Waals surface area contributed by atoms with Gasteiger partial charge in [0.25, 0.3) is 0 Å². The summed E-state index contributed by atoms with van der Waals surface area (Å²) in [4.78, 5) is 0.120. The van der Waals surface area contributed by atoms with Gasteiger partial charge in [-0.1, -0.05) is 11.6 Å². The van der Waals surface area contributed by atoms with Gasteiger partial charge in [-0.05, 0) is 31.5 Å². The Morgan fingerprint density at radius 2 is 2.11 bits per heavy atom. The minimum atomic E-state index is -3.54. The average molecular weight is 308 g/mol.